The lowest BCUT2D eigenvalue weighted by Crippen LogP contribution is -2.18. The van der Waals surface area contributed by atoms with E-state index in [9.17, 15) is 4.79 Å². The summed E-state index contributed by atoms with van der Waals surface area (Å²) in [6, 6.07) is 9.44. The Morgan fingerprint density at radius 3 is 2.62 bits per heavy atom. The molecule has 80 valence electrons. The van der Waals surface area contributed by atoms with Crippen molar-refractivity contribution in [3.8, 4) is 0 Å². The molecule has 0 unspecified atom stereocenters. The summed E-state index contributed by atoms with van der Waals surface area (Å²) in [5.41, 5.74) is 2.76. The summed E-state index contributed by atoms with van der Waals surface area (Å²) >= 11 is 0. The number of rotatable bonds is 1. The fraction of sp³-hybridized carbons (Fsp3) is 0.154. The van der Waals surface area contributed by atoms with Gasteiger partial charge in [0, 0.05) is 13.1 Å². The Labute approximate surface area is 92.7 Å². The van der Waals surface area contributed by atoms with Gasteiger partial charge in [0.05, 0.1) is 5.56 Å². The first kappa shape index (κ1) is 9.36. The van der Waals surface area contributed by atoms with Gasteiger partial charge in [0.1, 0.15) is 0 Å². The molecule has 0 radical (unpaired) electrons. The topological polar surface area (TPSA) is 49.3 Å². The van der Waals surface area contributed by atoms with Crippen LogP contribution in [-0.4, -0.2) is 11.1 Å². The second kappa shape index (κ2) is 3.32. The van der Waals surface area contributed by atoms with Crippen molar-refractivity contribution in [1.82, 2.24) is 5.32 Å². The van der Waals surface area contributed by atoms with Gasteiger partial charge in [0.2, 0.25) is 0 Å². The van der Waals surface area contributed by atoms with Crippen LogP contribution in [0.2, 0.25) is 0 Å². The fourth-order valence-electron chi connectivity index (χ4n) is 2.37. The van der Waals surface area contributed by atoms with E-state index in [1.165, 1.54) is 11.1 Å². The third-order valence-corrected chi connectivity index (χ3v) is 3.07. The van der Waals surface area contributed by atoms with E-state index in [-0.39, 0.29) is 0 Å². The normalized spacial score (nSPS) is 14.0. The number of aromatic carboxylic acids is 1. The van der Waals surface area contributed by atoms with Crippen LogP contribution in [0.3, 0.4) is 0 Å². The Kier molecular flexibility index (Phi) is 1.94. The lowest BCUT2D eigenvalue weighted by molar-refractivity contribution is 0.0699. The SMILES string of the molecule is O=C(O)c1ccc2c3c(cccc13)CNC2. The van der Waals surface area contributed by atoms with Crippen molar-refractivity contribution in [2.24, 2.45) is 0 Å². The number of carboxylic acids is 1. The number of carboxylic acid groups (broad SMARTS) is 1. The van der Waals surface area contributed by atoms with Gasteiger partial charge in [-0.15, -0.1) is 0 Å². The van der Waals surface area contributed by atoms with Crippen LogP contribution in [0.15, 0.2) is 30.3 Å². The molecule has 3 nitrogen and oxygen atoms in total. The summed E-state index contributed by atoms with van der Waals surface area (Å²) in [5, 5.41) is 14.4. The van der Waals surface area contributed by atoms with Gasteiger partial charge in [-0.1, -0.05) is 24.3 Å². The van der Waals surface area contributed by atoms with Crippen molar-refractivity contribution in [3.63, 3.8) is 0 Å². The van der Waals surface area contributed by atoms with Crippen LogP contribution in [0, 0.1) is 0 Å². The van der Waals surface area contributed by atoms with E-state index in [4.69, 9.17) is 5.11 Å². The summed E-state index contributed by atoms with van der Waals surface area (Å²) in [6.45, 7) is 1.63. The Bertz CT molecular complexity index is 579. The Hall–Kier alpha value is -1.87. The van der Waals surface area contributed by atoms with Crippen molar-refractivity contribution < 1.29 is 9.90 Å². The van der Waals surface area contributed by atoms with E-state index >= 15 is 0 Å². The third kappa shape index (κ3) is 1.22. The van der Waals surface area contributed by atoms with Crippen LogP contribution in [0.1, 0.15) is 21.5 Å². The highest BCUT2D eigenvalue weighted by molar-refractivity contribution is 6.05. The van der Waals surface area contributed by atoms with Crippen molar-refractivity contribution in [2.75, 3.05) is 0 Å². The Morgan fingerprint density at radius 2 is 1.88 bits per heavy atom. The molecule has 16 heavy (non-hydrogen) atoms. The van der Waals surface area contributed by atoms with Gasteiger partial charge in [-0.3, -0.25) is 0 Å². The van der Waals surface area contributed by atoms with Gasteiger partial charge in [-0.05, 0) is 28.0 Å². The first-order valence-corrected chi connectivity index (χ1v) is 5.25. The molecular weight excluding hydrogens is 202 g/mol. The molecule has 0 aromatic heterocycles. The highest BCUT2D eigenvalue weighted by Crippen LogP contribution is 2.28. The van der Waals surface area contributed by atoms with Crippen LogP contribution >= 0.6 is 0 Å². The molecule has 1 aliphatic heterocycles. The molecule has 0 spiro atoms. The molecule has 0 saturated heterocycles. The smallest absolute Gasteiger partial charge is 0.336 e. The number of hydrogen-bond acceptors (Lipinski definition) is 2. The maximum atomic E-state index is 11.1. The first-order chi connectivity index (χ1) is 7.77. The monoisotopic (exact) mass is 213 g/mol. The van der Waals surface area contributed by atoms with Gasteiger partial charge < -0.3 is 10.4 Å². The van der Waals surface area contributed by atoms with Gasteiger partial charge >= 0.3 is 5.97 Å². The maximum Gasteiger partial charge on any atom is 0.336 e. The van der Waals surface area contributed by atoms with E-state index in [0.29, 0.717) is 5.56 Å². The van der Waals surface area contributed by atoms with Crippen LogP contribution in [0.4, 0.5) is 0 Å². The van der Waals surface area contributed by atoms with Crippen LogP contribution < -0.4 is 5.32 Å². The predicted octanol–water partition coefficient (Wildman–Crippen LogP) is 2.14. The molecule has 2 aromatic carbocycles. The predicted molar refractivity (Wildman–Crippen MR) is 61.5 cm³/mol. The molecule has 0 saturated carbocycles. The fourth-order valence-corrected chi connectivity index (χ4v) is 2.37. The van der Waals surface area contributed by atoms with E-state index in [1.54, 1.807) is 6.07 Å². The number of benzene rings is 2. The van der Waals surface area contributed by atoms with E-state index in [2.05, 4.69) is 5.32 Å². The maximum absolute atomic E-state index is 11.1. The number of hydrogen-bond donors (Lipinski definition) is 2. The summed E-state index contributed by atoms with van der Waals surface area (Å²) < 4.78 is 0. The molecule has 3 rings (SSSR count). The zero-order chi connectivity index (χ0) is 11.1. The van der Waals surface area contributed by atoms with Crippen molar-refractivity contribution >= 4 is 16.7 Å². The molecule has 0 aliphatic carbocycles. The van der Waals surface area contributed by atoms with E-state index in [1.807, 2.05) is 24.3 Å². The van der Waals surface area contributed by atoms with E-state index in [0.717, 1.165) is 23.9 Å². The van der Waals surface area contributed by atoms with Crippen molar-refractivity contribution in [2.45, 2.75) is 13.1 Å². The minimum Gasteiger partial charge on any atom is -0.478 e. The average molecular weight is 213 g/mol. The number of carbonyl (C=O) groups is 1. The second-order valence-corrected chi connectivity index (χ2v) is 4.02. The lowest BCUT2D eigenvalue weighted by atomic mass is 9.93. The summed E-state index contributed by atoms with van der Waals surface area (Å²) in [5.74, 6) is -0.859. The van der Waals surface area contributed by atoms with Gasteiger partial charge in [-0.25, -0.2) is 4.79 Å². The zero-order valence-electron chi connectivity index (χ0n) is 8.66. The van der Waals surface area contributed by atoms with Crippen molar-refractivity contribution in [3.05, 3.63) is 47.0 Å². The molecule has 2 aromatic rings. The van der Waals surface area contributed by atoms with Crippen molar-refractivity contribution in [1.29, 1.82) is 0 Å². The molecule has 1 heterocycles. The molecule has 0 fully saturated rings. The van der Waals surface area contributed by atoms with Crippen LogP contribution in [-0.2, 0) is 13.1 Å². The molecule has 0 amide bonds. The average Bonchev–Trinajstić information content (AvgIpc) is 2.30. The largest absolute Gasteiger partial charge is 0.478 e. The lowest BCUT2D eigenvalue weighted by Gasteiger charge is -2.19. The molecule has 1 aliphatic rings. The number of nitrogens with one attached hydrogen (secondary N) is 1. The van der Waals surface area contributed by atoms with Gasteiger partial charge in [0.25, 0.3) is 0 Å². The zero-order valence-corrected chi connectivity index (χ0v) is 8.66. The summed E-state index contributed by atoms with van der Waals surface area (Å²) in [6.07, 6.45) is 0. The minimum absolute atomic E-state index is 0.391. The first-order valence-electron chi connectivity index (χ1n) is 5.25. The Balaban J connectivity index is 2.45. The highest BCUT2D eigenvalue weighted by Gasteiger charge is 2.16. The van der Waals surface area contributed by atoms with Crippen LogP contribution in [0.5, 0.6) is 0 Å². The molecule has 2 N–H and O–H groups in total. The molecular formula is C13H11NO2. The highest BCUT2D eigenvalue weighted by atomic mass is 16.4. The second-order valence-electron chi connectivity index (χ2n) is 4.02. The minimum atomic E-state index is -0.859. The quantitative estimate of drug-likeness (QED) is 0.763. The standard InChI is InChI=1S/C13H11NO2/c15-13(16)11-5-4-9-7-14-6-8-2-1-3-10(11)12(8)9/h1-5,14H,6-7H2,(H,15,16). The van der Waals surface area contributed by atoms with Gasteiger partial charge in [0.15, 0.2) is 0 Å². The molecule has 0 bridgehead atoms. The van der Waals surface area contributed by atoms with E-state index < -0.39 is 5.97 Å². The molecule has 0 atom stereocenters. The Morgan fingerprint density at radius 1 is 1.12 bits per heavy atom. The summed E-state index contributed by atoms with van der Waals surface area (Å²) in [7, 11) is 0. The summed E-state index contributed by atoms with van der Waals surface area (Å²) in [4.78, 5) is 11.1. The molecule has 3 heteroatoms. The van der Waals surface area contributed by atoms with Crippen LogP contribution in [0.25, 0.3) is 10.8 Å². The third-order valence-electron chi connectivity index (χ3n) is 3.07. The van der Waals surface area contributed by atoms with Gasteiger partial charge in [-0.2, -0.15) is 0 Å².